The Labute approximate surface area is 115 Å². The molecule has 0 saturated heterocycles. The van der Waals surface area contributed by atoms with Gasteiger partial charge in [0.15, 0.2) is 0 Å². The number of phenols is 1. The van der Waals surface area contributed by atoms with E-state index in [2.05, 4.69) is 15.6 Å². The molecule has 3 N–H and O–H groups in total. The minimum absolute atomic E-state index is 0.109. The van der Waals surface area contributed by atoms with Crippen LogP contribution in [-0.4, -0.2) is 21.9 Å². The molecule has 0 spiro atoms. The summed E-state index contributed by atoms with van der Waals surface area (Å²) < 4.78 is 0. The quantitative estimate of drug-likeness (QED) is 0.572. The highest BCUT2D eigenvalue weighted by molar-refractivity contribution is 6.43. The van der Waals surface area contributed by atoms with E-state index in [-0.39, 0.29) is 17.3 Å². The van der Waals surface area contributed by atoms with Crippen molar-refractivity contribution in [3.05, 3.63) is 48.2 Å². The van der Waals surface area contributed by atoms with Gasteiger partial charge in [-0.15, -0.1) is 0 Å². The third kappa shape index (κ3) is 3.32. The number of aromatic hydroxyl groups is 1. The number of phenolic OH excluding ortho intramolecular Hbond substituents is 1. The van der Waals surface area contributed by atoms with Gasteiger partial charge in [-0.05, 0) is 30.7 Å². The molecule has 0 aliphatic carbocycles. The molecule has 0 fully saturated rings. The molecule has 2 rings (SSSR count). The van der Waals surface area contributed by atoms with Crippen LogP contribution in [0, 0.1) is 6.92 Å². The number of benzene rings is 1. The summed E-state index contributed by atoms with van der Waals surface area (Å²) in [6, 6.07) is 9.51. The summed E-state index contributed by atoms with van der Waals surface area (Å²) in [7, 11) is 0. The lowest BCUT2D eigenvalue weighted by Gasteiger charge is -2.07. The molecule has 0 saturated carbocycles. The van der Waals surface area contributed by atoms with E-state index < -0.39 is 11.8 Å². The molecule has 0 atom stereocenters. The molecule has 0 radical (unpaired) electrons. The topological polar surface area (TPSA) is 91.3 Å². The fourth-order valence-corrected chi connectivity index (χ4v) is 1.47. The van der Waals surface area contributed by atoms with Crippen LogP contribution in [0.25, 0.3) is 0 Å². The second-order valence-electron chi connectivity index (χ2n) is 4.15. The van der Waals surface area contributed by atoms with Gasteiger partial charge >= 0.3 is 11.8 Å². The van der Waals surface area contributed by atoms with Gasteiger partial charge in [0.2, 0.25) is 0 Å². The Morgan fingerprint density at radius 2 is 1.75 bits per heavy atom. The van der Waals surface area contributed by atoms with Gasteiger partial charge in [-0.25, -0.2) is 4.98 Å². The average molecular weight is 271 g/mol. The predicted octanol–water partition coefficient (Wildman–Crippen LogP) is 1.67. The molecule has 6 heteroatoms. The smallest absolute Gasteiger partial charge is 0.315 e. The van der Waals surface area contributed by atoms with E-state index in [0.29, 0.717) is 0 Å². The fraction of sp³-hybridized carbons (Fsp3) is 0.0714. The number of nitrogens with zero attached hydrogens (tertiary/aromatic N) is 1. The number of carbonyl (C=O) groups excluding carboxylic acids is 2. The Bertz CT molecular complexity index is 638. The van der Waals surface area contributed by atoms with Crippen molar-refractivity contribution in [2.45, 2.75) is 6.92 Å². The molecule has 1 aromatic carbocycles. The number of carbonyl (C=O) groups is 2. The standard InChI is InChI=1S/C14H13N3O3/c1-9-6-7-12(15-8-9)17-14(20)13(19)16-10-4-2-3-5-11(10)18/h2-8,18H,1H3,(H,16,19)(H,15,17,20). The summed E-state index contributed by atoms with van der Waals surface area (Å²) in [5.74, 6) is -1.56. The maximum Gasteiger partial charge on any atom is 0.315 e. The first-order valence-electron chi connectivity index (χ1n) is 5.89. The van der Waals surface area contributed by atoms with Gasteiger partial charge in [-0.3, -0.25) is 9.59 Å². The number of nitrogens with one attached hydrogen (secondary N) is 2. The van der Waals surface area contributed by atoms with Gasteiger partial charge in [-0.1, -0.05) is 18.2 Å². The average Bonchev–Trinajstić information content (AvgIpc) is 2.44. The van der Waals surface area contributed by atoms with E-state index in [1.165, 1.54) is 12.1 Å². The van der Waals surface area contributed by atoms with Crippen LogP contribution in [0.1, 0.15) is 5.56 Å². The molecular weight excluding hydrogens is 258 g/mol. The normalized spacial score (nSPS) is 9.85. The Hall–Kier alpha value is -2.89. The number of aromatic nitrogens is 1. The number of para-hydroxylation sites is 2. The van der Waals surface area contributed by atoms with Gasteiger partial charge in [0.1, 0.15) is 11.6 Å². The highest BCUT2D eigenvalue weighted by Crippen LogP contribution is 2.21. The minimum Gasteiger partial charge on any atom is -0.506 e. The van der Waals surface area contributed by atoms with Crippen molar-refractivity contribution in [3.63, 3.8) is 0 Å². The maximum absolute atomic E-state index is 11.7. The predicted molar refractivity (Wildman–Crippen MR) is 74.3 cm³/mol. The zero-order valence-corrected chi connectivity index (χ0v) is 10.8. The second-order valence-corrected chi connectivity index (χ2v) is 4.15. The van der Waals surface area contributed by atoms with Crippen molar-refractivity contribution < 1.29 is 14.7 Å². The van der Waals surface area contributed by atoms with E-state index in [1.54, 1.807) is 30.5 Å². The van der Waals surface area contributed by atoms with Crippen LogP contribution >= 0.6 is 0 Å². The summed E-state index contributed by atoms with van der Waals surface area (Å²) in [6.07, 6.45) is 1.58. The minimum atomic E-state index is -0.881. The first kappa shape index (κ1) is 13.5. The molecule has 1 heterocycles. The van der Waals surface area contributed by atoms with Crippen LogP contribution in [0.5, 0.6) is 5.75 Å². The summed E-state index contributed by atoms with van der Waals surface area (Å²) in [5.41, 5.74) is 1.12. The molecule has 0 aliphatic heterocycles. The van der Waals surface area contributed by atoms with E-state index in [0.717, 1.165) is 5.56 Å². The van der Waals surface area contributed by atoms with E-state index in [9.17, 15) is 14.7 Å². The lowest BCUT2D eigenvalue weighted by atomic mass is 10.3. The van der Waals surface area contributed by atoms with Crippen LogP contribution in [0.2, 0.25) is 0 Å². The Morgan fingerprint density at radius 3 is 2.40 bits per heavy atom. The summed E-state index contributed by atoms with van der Waals surface area (Å²) in [4.78, 5) is 27.3. The lowest BCUT2D eigenvalue weighted by molar-refractivity contribution is -0.133. The number of aryl methyl sites for hydroxylation is 1. The SMILES string of the molecule is Cc1ccc(NC(=O)C(=O)Nc2ccccc2O)nc1. The van der Waals surface area contributed by atoms with Crippen LogP contribution in [0.15, 0.2) is 42.6 Å². The monoisotopic (exact) mass is 271 g/mol. The number of rotatable bonds is 2. The number of amides is 2. The van der Waals surface area contributed by atoms with Crippen LogP contribution in [-0.2, 0) is 9.59 Å². The lowest BCUT2D eigenvalue weighted by Crippen LogP contribution is -2.29. The van der Waals surface area contributed by atoms with Gasteiger partial charge in [0, 0.05) is 6.20 Å². The first-order valence-corrected chi connectivity index (χ1v) is 5.89. The van der Waals surface area contributed by atoms with Crippen molar-refractivity contribution in [1.29, 1.82) is 0 Å². The van der Waals surface area contributed by atoms with Crippen molar-refractivity contribution in [2.75, 3.05) is 10.6 Å². The molecule has 2 aromatic rings. The fourth-order valence-electron chi connectivity index (χ4n) is 1.47. The van der Waals surface area contributed by atoms with Crippen LogP contribution in [0.3, 0.4) is 0 Å². The summed E-state index contributed by atoms with van der Waals surface area (Å²) in [6.45, 7) is 1.86. The summed E-state index contributed by atoms with van der Waals surface area (Å²) >= 11 is 0. The van der Waals surface area contributed by atoms with Crippen LogP contribution in [0.4, 0.5) is 11.5 Å². The Kier molecular flexibility index (Phi) is 3.95. The van der Waals surface area contributed by atoms with Crippen molar-refractivity contribution in [1.82, 2.24) is 4.98 Å². The molecule has 20 heavy (non-hydrogen) atoms. The van der Waals surface area contributed by atoms with Gasteiger partial charge in [0.05, 0.1) is 5.69 Å². The molecular formula is C14H13N3O3. The molecule has 102 valence electrons. The third-order valence-electron chi connectivity index (χ3n) is 2.51. The third-order valence-corrected chi connectivity index (χ3v) is 2.51. The van der Waals surface area contributed by atoms with Crippen molar-refractivity contribution in [2.24, 2.45) is 0 Å². The highest BCUT2D eigenvalue weighted by Gasteiger charge is 2.15. The highest BCUT2D eigenvalue weighted by atomic mass is 16.3. The summed E-state index contributed by atoms with van der Waals surface area (Å²) in [5, 5.41) is 14.2. The molecule has 0 unspecified atom stereocenters. The van der Waals surface area contributed by atoms with Crippen molar-refractivity contribution >= 4 is 23.3 Å². The Balaban J connectivity index is 2.01. The first-order chi connectivity index (χ1) is 9.56. The largest absolute Gasteiger partial charge is 0.506 e. The number of pyridine rings is 1. The number of hydrogen-bond acceptors (Lipinski definition) is 4. The van der Waals surface area contributed by atoms with Gasteiger partial charge in [-0.2, -0.15) is 0 Å². The van der Waals surface area contributed by atoms with E-state index >= 15 is 0 Å². The second kappa shape index (κ2) is 5.83. The van der Waals surface area contributed by atoms with Gasteiger partial charge in [0.25, 0.3) is 0 Å². The molecule has 1 aromatic heterocycles. The Morgan fingerprint density at radius 1 is 1.05 bits per heavy atom. The molecule has 6 nitrogen and oxygen atoms in total. The maximum atomic E-state index is 11.7. The molecule has 0 bridgehead atoms. The number of anilines is 2. The zero-order valence-electron chi connectivity index (χ0n) is 10.8. The van der Waals surface area contributed by atoms with Crippen molar-refractivity contribution in [3.8, 4) is 5.75 Å². The van der Waals surface area contributed by atoms with E-state index in [1.807, 2.05) is 6.92 Å². The van der Waals surface area contributed by atoms with E-state index in [4.69, 9.17) is 0 Å². The molecule has 2 amide bonds. The van der Waals surface area contributed by atoms with Gasteiger partial charge < -0.3 is 15.7 Å². The molecule has 0 aliphatic rings. The number of hydrogen-bond donors (Lipinski definition) is 3. The zero-order chi connectivity index (χ0) is 14.5. The van der Waals surface area contributed by atoms with Crippen LogP contribution < -0.4 is 10.6 Å².